The van der Waals surface area contributed by atoms with E-state index in [4.69, 9.17) is 10.00 Å². The Morgan fingerprint density at radius 3 is 3.15 bits per heavy atom. The van der Waals surface area contributed by atoms with Crippen molar-refractivity contribution in [2.24, 2.45) is 0 Å². The standard InChI is InChI=1S/C14H12FN3OS/c15-11-2-1-3-12(10(11)8-16)18-5-6-19-13(9-18)14-17-4-7-20-14/h1-4,7,13H,5-6,9H2/t13-/m0/s1. The molecule has 0 saturated carbocycles. The number of thiazole rings is 1. The molecule has 0 unspecified atom stereocenters. The smallest absolute Gasteiger partial charge is 0.143 e. The minimum atomic E-state index is -0.484. The van der Waals surface area contributed by atoms with Gasteiger partial charge < -0.3 is 9.64 Å². The van der Waals surface area contributed by atoms with Crippen LogP contribution in [0.3, 0.4) is 0 Å². The van der Waals surface area contributed by atoms with Gasteiger partial charge in [0.2, 0.25) is 0 Å². The lowest BCUT2D eigenvalue weighted by Gasteiger charge is -2.34. The van der Waals surface area contributed by atoms with Crippen LogP contribution < -0.4 is 4.90 Å². The predicted octanol–water partition coefficient (Wildman–Crippen LogP) is 2.73. The minimum absolute atomic E-state index is 0.0901. The van der Waals surface area contributed by atoms with E-state index < -0.39 is 5.82 Å². The number of hydrogen-bond acceptors (Lipinski definition) is 5. The summed E-state index contributed by atoms with van der Waals surface area (Å²) in [7, 11) is 0. The summed E-state index contributed by atoms with van der Waals surface area (Å²) in [4.78, 5) is 6.24. The summed E-state index contributed by atoms with van der Waals surface area (Å²) in [5.74, 6) is -0.484. The van der Waals surface area contributed by atoms with E-state index in [-0.39, 0.29) is 11.7 Å². The van der Waals surface area contributed by atoms with E-state index in [2.05, 4.69) is 4.98 Å². The van der Waals surface area contributed by atoms with Crippen LogP contribution in [-0.4, -0.2) is 24.7 Å². The average molecular weight is 289 g/mol. The van der Waals surface area contributed by atoms with Gasteiger partial charge in [0.15, 0.2) is 0 Å². The second-order valence-electron chi connectivity index (χ2n) is 4.42. The van der Waals surface area contributed by atoms with Crippen LogP contribution in [0, 0.1) is 17.1 Å². The number of nitriles is 1. The number of nitrogens with zero attached hydrogens (tertiary/aromatic N) is 3. The van der Waals surface area contributed by atoms with E-state index in [1.807, 2.05) is 16.3 Å². The molecule has 0 amide bonds. The van der Waals surface area contributed by atoms with Crippen LogP contribution in [0.15, 0.2) is 29.8 Å². The molecule has 3 rings (SSSR count). The largest absolute Gasteiger partial charge is 0.367 e. The highest BCUT2D eigenvalue weighted by atomic mass is 32.1. The van der Waals surface area contributed by atoms with Crippen LogP contribution >= 0.6 is 11.3 Å². The summed E-state index contributed by atoms with van der Waals surface area (Å²) in [6.45, 7) is 1.75. The van der Waals surface area contributed by atoms with E-state index in [0.29, 0.717) is 25.4 Å². The second-order valence-corrected chi connectivity index (χ2v) is 5.35. The van der Waals surface area contributed by atoms with Crippen molar-refractivity contribution in [2.75, 3.05) is 24.6 Å². The van der Waals surface area contributed by atoms with E-state index in [0.717, 1.165) is 5.01 Å². The third-order valence-electron chi connectivity index (χ3n) is 3.24. The van der Waals surface area contributed by atoms with Gasteiger partial charge in [-0.2, -0.15) is 5.26 Å². The Hall–Kier alpha value is -1.97. The van der Waals surface area contributed by atoms with Crippen LogP contribution in [0.1, 0.15) is 16.7 Å². The van der Waals surface area contributed by atoms with Crippen molar-refractivity contribution in [3.05, 3.63) is 46.2 Å². The van der Waals surface area contributed by atoms with Gasteiger partial charge in [0, 0.05) is 18.1 Å². The van der Waals surface area contributed by atoms with Crippen LogP contribution in [-0.2, 0) is 4.74 Å². The maximum absolute atomic E-state index is 13.7. The number of benzene rings is 1. The molecule has 2 heterocycles. The molecule has 0 spiro atoms. The first-order chi connectivity index (χ1) is 9.79. The van der Waals surface area contributed by atoms with Crippen molar-refractivity contribution in [3.8, 4) is 6.07 Å². The van der Waals surface area contributed by atoms with Gasteiger partial charge in [-0.05, 0) is 12.1 Å². The Kier molecular flexibility index (Phi) is 3.63. The molecule has 0 N–H and O–H groups in total. The molecule has 1 aromatic heterocycles. The molecule has 0 aliphatic carbocycles. The van der Waals surface area contributed by atoms with Gasteiger partial charge in [-0.1, -0.05) is 6.07 Å². The first-order valence-electron chi connectivity index (χ1n) is 6.24. The van der Waals surface area contributed by atoms with Gasteiger partial charge in [0.25, 0.3) is 0 Å². The maximum atomic E-state index is 13.7. The topological polar surface area (TPSA) is 49.2 Å². The monoisotopic (exact) mass is 289 g/mol. The highest BCUT2D eigenvalue weighted by molar-refractivity contribution is 7.09. The lowest BCUT2D eigenvalue weighted by atomic mass is 10.1. The average Bonchev–Trinajstić information content (AvgIpc) is 3.01. The van der Waals surface area contributed by atoms with Gasteiger partial charge in [-0.25, -0.2) is 9.37 Å². The van der Waals surface area contributed by atoms with Crippen molar-refractivity contribution in [2.45, 2.75) is 6.10 Å². The molecular formula is C14H12FN3OS. The molecule has 2 aromatic rings. The Morgan fingerprint density at radius 2 is 2.40 bits per heavy atom. The lowest BCUT2D eigenvalue weighted by Crippen LogP contribution is -2.38. The summed E-state index contributed by atoms with van der Waals surface area (Å²) in [5, 5.41) is 11.9. The number of halogens is 1. The molecule has 1 aromatic carbocycles. The first kappa shape index (κ1) is 13.0. The molecule has 6 heteroatoms. The summed E-state index contributed by atoms with van der Waals surface area (Å²) in [5.41, 5.74) is 0.713. The molecule has 4 nitrogen and oxygen atoms in total. The van der Waals surface area contributed by atoms with Crippen molar-refractivity contribution in [1.82, 2.24) is 4.98 Å². The molecule has 1 fully saturated rings. The number of rotatable bonds is 2. The Morgan fingerprint density at radius 1 is 1.50 bits per heavy atom. The van der Waals surface area contributed by atoms with Crippen LogP contribution in [0.5, 0.6) is 0 Å². The SMILES string of the molecule is N#Cc1c(F)cccc1N1CCO[C@H](c2nccs2)C1. The number of morpholine rings is 1. The number of aromatic nitrogens is 1. The maximum Gasteiger partial charge on any atom is 0.143 e. The number of anilines is 1. The van der Waals surface area contributed by atoms with Gasteiger partial charge in [0.05, 0.1) is 18.8 Å². The fourth-order valence-corrected chi connectivity index (χ4v) is 2.98. The number of hydrogen-bond donors (Lipinski definition) is 0. The van der Waals surface area contributed by atoms with Crippen molar-refractivity contribution >= 4 is 17.0 Å². The minimum Gasteiger partial charge on any atom is -0.367 e. The van der Waals surface area contributed by atoms with Crippen LogP contribution in [0.25, 0.3) is 0 Å². The first-order valence-corrected chi connectivity index (χ1v) is 7.12. The summed E-state index contributed by atoms with van der Waals surface area (Å²) in [6.07, 6.45) is 1.61. The van der Waals surface area contributed by atoms with Gasteiger partial charge >= 0.3 is 0 Å². The van der Waals surface area contributed by atoms with Crippen molar-refractivity contribution in [3.63, 3.8) is 0 Å². The molecule has 102 valence electrons. The fraction of sp³-hybridized carbons (Fsp3) is 0.286. The Balaban J connectivity index is 1.88. The summed E-state index contributed by atoms with van der Waals surface area (Å²) in [6, 6.07) is 6.64. The highest BCUT2D eigenvalue weighted by Crippen LogP contribution is 2.29. The van der Waals surface area contributed by atoms with E-state index in [9.17, 15) is 4.39 Å². The molecule has 0 radical (unpaired) electrons. The zero-order chi connectivity index (χ0) is 13.9. The zero-order valence-corrected chi connectivity index (χ0v) is 11.4. The highest BCUT2D eigenvalue weighted by Gasteiger charge is 2.26. The van der Waals surface area contributed by atoms with Gasteiger partial charge in [-0.3, -0.25) is 0 Å². The summed E-state index contributed by atoms with van der Waals surface area (Å²) < 4.78 is 19.4. The van der Waals surface area contributed by atoms with E-state index in [1.54, 1.807) is 18.3 Å². The fourth-order valence-electron chi connectivity index (χ4n) is 2.30. The zero-order valence-electron chi connectivity index (χ0n) is 10.6. The third kappa shape index (κ3) is 2.38. The number of ether oxygens (including phenoxy) is 1. The molecule has 20 heavy (non-hydrogen) atoms. The molecule has 1 aliphatic rings. The predicted molar refractivity (Wildman–Crippen MR) is 74.1 cm³/mol. The molecule has 1 saturated heterocycles. The molecular weight excluding hydrogens is 277 g/mol. The Bertz CT molecular complexity index is 638. The van der Waals surface area contributed by atoms with Crippen molar-refractivity contribution in [1.29, 1.82) is 5.26 Å². The Labute approximate surface area is 120 Å². The molecule has 1 aliphatic heterocycles. The van der Waals surface area contributed by atoms with Gasteiger partial charge in [0.1, 0.15) is 28.6 Å². The molecule has 1 atom stereocenters. The van der Waals surface area contributed by atoms with E-state index in [1.165, 1.54) is 17.4 Å². The summed E-state index contributed by atoms with van der Waals surface area (Å²) >= 11 is 1.54. The van der Waals surface area contributed by atoms with Gasteiger partial charge in [-0.15, -0.1) is 11.3 Å². The van der Waals surface area contributed by atoms with Crippen LogP contribution in [0.2, 0.25) is 0 Å². The quantitative estimate of drug-likeness (QED) is 0.853. The molecule has 0 bridgehead atoms. The second kappa shape index (κ2) is 5.57. The normalized spacial score (nSPS) is 18.8. The van der Waals surface area contributed by atoms with E-state index >= 15 is 0 Å². The van der Waals surface area contributed by atoms with Crippen LogP contribution in [0.4, 0.5) is 10.1 Å². The third-order valence-corrected chi connectivity index (χ3v) is 4.11. The lowest BCUT2D eigenvalue weighted by molar-refractivity contribution is 0.0396. The van der Waals surface area contributed by atoms with Crippen molar-refractivity contribution < 1.29 is 9.13 Å².